The van der Waals surface area contributed by atoms with E-state index in [9.17, 15) is 13.6 Å². The first kappa shape index (κ1) is 23.7. The van der Waals surface area contributed by atoms with Crippen LogP contribution in [0.15, 0.2) is 42.5 Å². The Hall–Kier alpha value is -2.47. The summed E-state index contributed by atoms with van der Waals surface area (Å²) in [5, 5.41) is 0. The van der Waals surface area contributed by atoms with E-state index in [-0.39, 0.29) is 23.3 Å². The fourth-order valence-corrected chi connectivity index (χ4v) is 5.03. The summed E-state index contributed by atoms with van der Waals surface area (Å²) < 4.78 is 33.4. The fourth-order valence-electron chi connectivity index (χ4n) is 5.03. The monoisotopic (exact) mass is 456 g/mol. The van der Waals surface area contributed by atoms with Crippen LogP contribution in [-0.2, 0) is 17.8 Å². The van der Waals surface area contributed by atoms with Crippen LogP contribution in [0.2, 0.25) is 0 Å². The molecule has 2 aliphatic heterocycles. The van der Waals surface area contributed by atoms with E-state index in [1.54, 1.807) is 0 Å². The highest BCUT2D eigenvalue weighted by Crippen LogP contribution is 2.41. The molecular weight excluding hydrogens is 422 g/mol. The third-order valence-corrected chi connectivity index (χ3v) is 6.98. The van der Waals surface area contributed by atoms with Gasteiger partial charge in [-0.1, -0.05) is 32.0 Å². The van der Waals surface area contributed by atoms with Gasteiger partial charge in [0.1, 0.15) is 17.4 Å². The zero-order valence-electron chi connectivity index (χ0n) is 19.7. The Bertz CT molecular complexity index is 970. The average molecular weight is 457 g/mol. The summed E-state index contributed by atoms with van der Waals surface area (Å²) >= 11 is 0. The van der Waals surface area contributed by atoms with Gasteiger partial charge in [0.05, 0.1) is 13.0 Å². The number of hydrogen-bond donors (Lipinski definition) is 0. The average Bonchev–Trinajstić information content (AvgIpc) is 3.17. The molecule has 2 heterocycles. The van der Waals surface area contributed by atoms with Gasteiger partial charge in [-0.25, -0.2) is 8.78 Å². The fraction of sp³-hybridized carbons (Fsp3) is 0.519. The molecule has 0 aromatic heterocycles. The minimum absolute atomic E-state index is 0.0874. The Morgan fingerprint density at radius 3 is 2.52 bits per heavy atom. The van der Waals surface area contributed by atoms with Crippen molar-refractivity contribution in [3.8, 4) is 5.75 Å². The Morgan fingerprint density at radius 1 is 1.03 bits per heavy atom. The molecule has 33 heavy (non-hydrogen) atoms. The Labute approximate surface area is 195 Å². The molecule has 0 unspecified atom stereocenters. The molecule has 0 atom stereocenters. The topological polar surface area (TPSA) is 32.8 Å². The number of para-hydroxylation sites is 1. The van der Waals surface area contributed by atoms with E-state index in [2.05, 4.69) is 36.9 Å². The maximum absolute atomic E-state index is 13.9. The summed E-state index contributed by atoms with van der Waals surface area (Å²) in [6, 6.07) is 11.6. The lowest BCUT2D eigenvalue weighted by atomic mass is 9.77. The lowest BCUT2D eigenvalue weighted by molar-refractivity contribution is -0.132. The first-order valence-corrected chi connectivity index (χ1v) is 12.0. The Balaban J connectivity index is 1.30. The molecule has 2 aromatic rings. The van der Waals surface area contributed by atoms with Crippen molar-refractivity contribution in [2.24, 2.45) is 11.3 Å². The number of carbonyl (C=O) groups is 1. The third kappa shape index (κ3) is 5.91. The van der Waals surface area contributed by atoms with Gasteiger partial charge in [-0.05, 0) is 61.4 Å². The number of nitrogens with zero attached hydrogens (tertiary/aromatic N) is 2. The number of rotatable bonds is 7. The molecule has 0 aliphatic carbocycles. The van der Waals surface area contributed by atoms with Crippen LogP contribution in [0.25, 0.3) is 0 Å². The van der Waals surface area contributed by atoms with Crippen LogP contribution in [0.3, 0.4) is 0 Å². The highest BCUT2D eigenvalue weighted by atomic mass is 19.1. The molecule has 2 aromatic carbocycles. The number of halogens is 2. The predicted molar refractivity (Wildman–Crippen MR) is 125 cm³/mol. The maximum Gasteiger partial charge on any atom is 0.227 e. The van der Waals surface area contributed by atoms with Gasteiger partial charge in [0.25, 0.3) is 0 Å². The van der Waals surface area contributed by atoms with E-state index >= 15 is 0 Å². The van der Waals surface area contributed by atoms with Gasteiger partial charge in [0, 0.05) is 37.3 Å². The first-order chi connectivity index (χ1) is 15.8. The number of ether oxygens (including phenoxy) is 1. The lowest BCUT2D eigenvalue weighted by Gasteiger charge is -2.39. The van der Waals surface area contributed by atoms with Gasteiger partial charge < -0.3 is 9.64 Å². The maximum atomic E-state index is 13.9. The minimum atomic E-state index is -0.526. The van der Waals surface area contributed by atoms with Crippen LogP contribution < -0.4 is 4.74 Å². The van der Waals surface area contributed by atoms with Crippen molar-refractivity contribution in [3.63, 3.8) is 0 Å². The van der Waals surface area contributed by atoms with Crippen LogP contribution >= 0.6 is 0 Å². The molecule has 0 saturated carbocycles. The van der Waals surface area contributed by atoms with E-state index in [1.807, 2.05) is 11.0 Å². The molecule has 6 heteroatoms. The smallest absolute Gasteiger partial charge is 0.227 e. The molecule has 4 nitrogen and oxygen atoms in total. The number of piperidine rings is 1. The van der Waals surface area contributed by atoms with E-state index in [1.165, 1.54) is 5.56 Å². The lowest BCUT2D eigenvalue weighted by Crippen LogP contribution is -2.44. The van der Waals surface area contributed by atoms with Gasteiger partial charge >= 0.3 is 0 Å². The standard InChI is InChI=1S/C27H34F2N2O2/c1-20(2)18-33-25-6-4-3-5-21(25)17-30-12-9-27(19-30)10-13-31(14-11-27)26(32)16-22-15-23(28)7-8-24(22)29/h3-8,15,20H,9-14,16-19H2,1-2H3. The Morgan fingerprint density at radius 2 is 1.76 bits per heavy atom. The van der Waals surface area contributed by atoms with E-state index in [0.29, 0.717) is 25.6 Å². The first-order valence-electron chi connectivity index (χ1n) is 12.0. The summed E-state index contributed by atoms with van der Waals surface area (Å²) in [5.41, 5.74) is 1.58. The normalized spacial score (nSPS) is 18.3. The van der Waals surface area contributed by atoms with Gasteiger partial charge in [0.2, 0.25) is 5.91 Å². The van der Waals surface area contributed by atoms with Gasteiger partial charge in [-0.3, -0.25) is 9.69 Å². The minimum Gasteiger partial charge on any atom is -0.493 e. The van der Waals surface area contributed by atoms with Crippen molar-refractivity contribution in [2.45, 2.75) is 46.1 Å². The largest absolute Gasteiger partial charge is 0.493 e. The van der Waals surface area contributed by atoms with Crippen molar-refractivity contribution in [1.82, 2.24) is 9.80 Å². The summed E-state index contributed by atoms with van der Waals surface area (Å²) in [6.07, 6.45) is 2.94. The highest BCUT2D eigenvalue weighted by Gasteiger charge is 2.41. The Kier molecular flexibility index (Phi) is 7.32. The number of carbonyl (C=O) groups excluding carboxylic acids is 1. The highest BCUT2D eigenvalue weighted by molar-refractivity contribution is 5.79. The second kappa shape index (κ2) is 10.2. The van der Waals surface area contributed by atoms with E-state index in [0.717, 1.165) is 62.8 Å². The summed E-state index contributed by atoms with van der Waals surface area (Å²) in [4.78, 5) is 17.0. The van der Waals surface area contributed by atoms with Crippen molar-refractivity contribution in [3.05, 3.63) is 65.2 Å². The zero-order chi connectivity index (χ0) is 23.4. The quantitative estimate of drug-likeness (QED) is 0.584. The molecule has 2 saturated heterocycles. The summed E-state index contributed by atoms with van der Waals surface area (Å²) in [5.74, 6) is 0.289. The van der Waals surface area contributed by atoms with Crippen LogP contribution in [0.5, 0.6) is 5.75 Å². The van der Waals surface area contributed by atoms with Crippen molar-refractivity contribution >= 4 is 5.91 Å². The van der Waals surface area contributed by atoms with Crippen molar-refractivity contribution < 1.29 is 18.3 Å². The van der Waals surface area contributed by atoms with E-state index < -0.39 is 11.6 Å². The molecule has 0 radical (unpaired) electrons. The van der Waals surface area contributed by atoms with Crippen LogP contribution in [-0.4, -0.2) is 48.5 Å². The molecule has 0 bridgehead atoms. The van der Waals surface area contributed by atoms with Gasteiger partial charge in [-0.15, -0.1) is 0 Å². The summed E-state index contributed by atoms with van der Waals surface area (Å²) in [6.45, 7) is 9.31. The van der Waals surface area contributed by atoms with Crippen LogP contribution in [0.4, 0.5) is 8.78 Å². The number of hydrogen-bond acceptors (Lipinski definition) is 3. The molecule has 4 rings (SSSR count). The second-order valence-corrected chi connectivity index (χ2v) is 10.1. The molecule has 178 valence electrons. The van der Waals surface area contributed by atoms with Gasteiger partial charge in [-0.2, -0.15) is 0 Å². The predicted octanol–water partition coefficient (Wildman–Crippen LogP) is 5.06. The molecule has 0 N–H and O–H groups in total. The van der Waals surface area contributed by atoms with Crippen molar-refractivity contribution in [1.29, 1.82) is 0 Å². The van der Waals surface area contributed by atoms with Gasteiger partial charge in [0.15, 0.2) is 0 Å². The number of benzene rings is 2. The number of likely N-dealkylation sites (tertiary alicyclic amines) is 2. The van der Waals surface area contributed by atoms with Crippen LogP contribution in [0.1, 0.15) is 44.2 Å². The van der Waals surface area contributed by atoms with E-state index in [4.69, 9.17) is 4.74 Å². The third-order valence-electron chi connectivity index (χ3n) is 6.98. The second-order valence-electron chi connectivity index (χ2n) is 10.1. The molecule has 2 fully saturated rings. The molecule has 2 aliphatic rings. The molecular formula is C27H34F2N2O2. The molecule has 1 amide bonds. The number of amides is 1. The van der Waals surface area contributed by atoms with Crippen molar-refractivity contribution in [2.75, 3.05) is 32.8 Å². The zero-order valence-corrected chi connectivity index (χ0v) is 19.7. The summed E-state index contributed by atoms with van der Waals surface area (Å²) in [7, 11) is 0. The molecule has 1 spiro atoms. The van der Waals surface area contributed by atoms with Crippen LogP contribution in [0, 0.1) is 23.0 Å². The SMILES string of the molecule is CC(C)COc1ccccc1CN1CCC2(CCN(C(=O)Cc3cc(F)ccc3F)CC2)C1.